The Morgan fingerprint density at radius 3 is 2.94 bits per heavy atom. The molecule has 0 atom stereocenters. The quantitative estimate of drug-likeness (QED) is 0.769. The number of ether oxygens (including phenoxy) is 1. The van der Waals surface area contributed by atoms with Gasteiger partial charge in [-0.1, -0.05) is 6.07 Å². The summed E-state index contributed by atoms with van der Waals surface area (Å²) in [4.78, 5) is 10.7. The van der Waals surface area contributed by atoms with Gasteiger partial charge in [-0.15, -0.1) is 0 Å². The molecule has 0 heterocycles. The van der Waals surface area contributed by atoms with E-state index in [-0.39, 0.29) is 5.75 Å². The molecular formula is C11H14FNO3. The lowest BCUT2D eigenvalue weighted by Crippen LogP contribution is -2.28. The number of aliphatic hydroxyl groups excluding tert-OH is 1. The predicted octanol–water partition coefficient (Wildman–Crippen LogP) is 0.485. The van der Waals surface area contributed by atoms with E-state index in [0.29, 0.717) is 13.0 Å². The highest BCUT2D eigenvalue weighted by Crippen LogP contribution is 2.18. The number of benzene rings is 1. The molecule has 0 saturated heterocycles. The van der Waals surface area contributed by atoms with Crippen LogP contribution in [0.5, 0.6) is 5.75 Å². The van der Waals surface area contributed by atoms with E-state index in [1.54, 1.807) is 12.1 Å². The molecule has 0 aliphatic carbocycles. The number of carbonyl (C=O) groups excluding carboxylic acids is 1. The first-order valence-corrected chi connectivity index (χ1v) is 4.87. The first-order chi connectivity index (χ1) is 7.67. The van der Waals surface area contributed by atoms with Gasteiger partial charge in [-0.3, -0.25) is 4.79 Å². The van der Waals surface area contributed by atoms with Crippen molar-refractivity contribution in [2.24, 2.45) is 0 Å². The van der Waals surface area contributed by atoms with Gasteiger partial charge in [0.2, 0.25) is 5.91 Å². The minimum absolute atomic E-state index is 0.186. The minimum Gasteiger partial charge on any atom is -0.494 e. The van der Waals surface area contributed by atoms with Gasteiger partial charge in [-0.25, -0.2) is 4.39 Å². The fraction of sp³-hybridized carbons (Fsp3) is 0.364. The Balaban J connectivity index is 2.51. The molecule has 0 radical (unpaired) electrons. The van der Waals surface area contributed by atoms with Gasteiger partial charge in [0.15, 0.2) is 11.6 Å². The number of rotatable bonds is 5. The summed E-state index contributed by atoms with van der Waals surface area (Å²) in [5.41, 5.74) is 0.858. The number of hydrogen-bond donors (Lipinski definition) is 2. The highest BCUT2D eigenvalue weighted by Gasteiger charge is 2.03. The minimum atomic E-state index is -0.521. The third-order valence-electron chi connectivity index (χ3n) is 2.09. The molecule has 88 valence electrons. The standard InChI is InChI=1S/C11H14FNO3/c1-16-10-6-8(2-3-9(10)12)4-5-13-11(15)7-14/h2-3,6,14H,4-5,7H2,1H3,(H,13,15). The lowest BCUT2D eigenvalue weighted by molar-refractivity contribution is -0.123. The maximum Gasteiger partial charge on any atom is 0.245 e. The number of hydrogen-bond acceptors (Lipinski definition) is 3. The van der Waals surface area contributed by atoms with Gasteiger partial charge < -0.3 is 15.2 Å². The molecule has 0 bridgehead atoms. The van der Waals surface area contributed by atoms with E-state index < -0.39 is 18.3 Å². The monoisotopic (exact) mass is 227 g/mol. The zero-order valence-electron chi connectivity index (χ0n) is 9.00. The van der Waals surface area contributed by atoms with Gasteiger partial charge in [0, 0.05) is 6.54 Å². The van der Waals surface area contributed by atoms with Crippen molar-refractivity contribution >= 4 is 5.91 Å². The molecule has 0 saturated carbocycles. The van der Waals surface area contributed by atoms with Gasteiger partial charge in [0.1, 0.15) is 6.61 Å². The number of nitrogens with one attached hydrogen (secondary N) is 1. The molecule has 1 aromatic carbocycles. The SMILES string of the molecule is COc1cc(CCNC(=O)CO)ccc1F. The molecule has 1 amide bonds. The zero-order valence-corrected chi connectivity index (χ0v) is 9.00. The molecule has 16 heavy (non-hydrogen) atoms. The van der Waals surface area contributed by atoms with E-state index >= 15 is 0 Å². The van der Waals surface area contributed by atoms with E-state index in [0.717, 1.165) is 5.56 Å². The molecule has 0 fully saturated rings. The van der Waals surface area contributed by atoms with Crippen LogP contribution in [0.25, 0.3) is 0 Å². The average Bonchev–Trinajstić information content (AvgIpc) is 2.31. The zero-order chi connectivity index (χ0) is 12.0. The molecule has 1 rings (SSSR count). The first kappa shape index (κ1) is 12.4. The largest absolute Gasteiger partial charge is 0.494 e. The van der Waals surface area contributed by atoms with Crippen molar-refractivity contribution < 1.29 is 19.0 Å². The Morgan fingerprint density at radius 1 is 1.56 bits per heavy atom. The Kier molecular flexibility index (Phi) is 4.72. The number of halogens is 1. The topological polar surface area (TPSA) is 58.6 Å². The summed E-state index contributed by atoms with van der Waals surface area (Å²) in [6, 6.07) is 4.53. The van der Waals surface area contributed by atoms with Crippen LogP contribution in [-0.4, -0.2) is 31.3 Å². The summed E-state index contributed by atoms with van der Waals surface area (Å²) in [5, 5.41) is 11.0. The lowest BCUT2D eigenvalue weighted by atomic mass is 10.1. The van der Waals surface area contributed by atoms with Gasteiger partial charge >= 0.3 is 0 Å². The van der Waals surface area contributed by atoms with Crippen molar-refractivity contribution in [2.75, 3.05) is 20.3 Å². The van der Waals surface area contributed by atoms with Crippen molar-refractivity contribution in [1.82, 2.24) is 5.32 Å². The van der Waals surface area contributed by atoms with Crippen LogP contribution in [0.3, 0.4) is 0 Å². The van der Waals surface area contributed by atoms with Crippen molar-refractivity contribution in [2.45, 2.75) is 6.42 Å². The van der Waals surface area contributed by atoms with Crippen LogP contribution >= 0.6 is 0 Å². The summed E-state index contributed by atoms with van der Waals surface area (Å²) < 4.78 is 17.9. The highest BCUT2D eigenvalue weighted by molar-refractivity contribution is 5.76. The Morgan fingerprint density at radius 2 is 2.31 bits per heavy atom. The van der Waals surface area contributed by atoms with Crippen LogP contribution in [-0.2, 0) is 11.2 Å². The second-order valence-electron chi connectivity index (χ2n) is 3.23. The van der Waals surface area contributed by atoms with Crippen molar-refractivity contribution in [3.05, 3.63) is 29.6 Å². The molecular weight excluding hydrogens is 213 g/mol. The second kappa shape index (κ2) is 6.07. The maximum absolute atomic E-state index is 13.0. The summed E-state index contributed by atoms with van der Waals surface area (Å²) in [7, 11) is 1.40. The average molecular weight is 227 g/mol. The smallest absolute Gasteiger partial charge is 0.245 e. The molecule has 0 spiro atoms. The molecule has 0 aliphatic heterocycles. The fourth-order valence-corrected chi connectivity index (χ4v) is 1.26. The molecule has 0 aliphatic rings. The summed E-state index contributed by atoms with van der Waals surface area (Å²) in [6.45, 7) is -0.124. The molecule has 0 aromatic heterocycles. The van der Waals surface area contributed by atoms with E-state index in [9.17, 15) is 9.18 Å². The Bertz CT molecular complexity index is 368. The fourth-order valence-electron chi connectivity index (χ4n) is 1.26. The summed E-state index contributed by atoms with van der Waals surface area (Å²) >= 11 is 0. The van der Waals surface area contributed by atoms with Crippen molar-refractivity contribution in [3.8, 4) is 5.75 Å². The normalized spacial score (nSPS) is 9.94. The van der Waals surface area contributed by atoms with Crippen molar-refractivity contribution in [3.63, 3.8) is 0 Å². The van der Waals surface area contributed by atoms with Crippen LogP contribution in [0.15, 0.2) is 18.2 Å². The van der Waals surface area contributed by atoms with Crippen LogP contribution < -0.4 is 10.1 Å². The first-order valence-electron chi connectivity index (χ1n) is 4.87. The van der Waals surface area contributed by atoms with Gasteiger partial charge in [-0.2, -0.15) is 0 Å². The molecule has 4 nitrogen and oxygen atoms in total. The Hall–Kier alpha value is -1.62. The highest BCUT2D eigenvalue weighted by atomic mass is 19.1. The predicted molar refractivity (Wildman–Crippen MR) is 56.8 cm³/mol. The van der Waals surface area contributed by atoms with Crippen LogP contribution in [0.4, 0.5) is 4.39 Å². The summed E-state index contributed by atoms with van der Waals surface area (Å²) in [6.07, 6.45) is 0.558. The Labute approximate surface area is 93.0 Å². The van der Waals surface area contributed by atoms with E-state index in [1.165, 1.54) is 13.2 Å². The van der Waals surface area contributed by atoms with Gasteiger partial charge in [0.05, 0.1) is 7.11 Å². The van der Waals surface area contributed by atoms with E-state index in [4.69, 9.17) is 9.84 Å². The second-order valence-corrected chi connectivity index (χ2v) is 3.23. The molecule has 1 aromatic rings. The van der Waals surface area contributed by atoms with E-state index in [2.05, 4.69) is 5.32 Å². The number of methoxy groups -OCH3 is 1. The summed E-state index contributed by atoms with van der Waals surface area (Å²) in [5.74, 6) is -0.647. The lowest BCUT2D eigenvalue weighted by Gasteiger charge is -2.06. The molecule has 5 heteroatoms. The van der Waals surface area contributed by atoms with Crippen LogP contribution in [0.1, 0.15) is 5.56 Å². The number of aliphatic hydroxyl groups is 1. The number of carbonyl (C=O) groups is 1. The third-order valence-corrected chi connectivity index (χ3v) is 2.09. The maximum atomic E-state index is 13.0. The van der Waals surface area contributed by atoms with Crippen LogP contribution in [0.2, 0.25) is 0 Å². The van der Waals surface area contributed by atoms with Gasteiger partial charge in [0.25, 0.3) is 0 Å². The molecule has 2 N–H and O–H groups in total. The third kappa shape index (κ3) is 3.51. The van der Waals surface area contributed by atoms with Gasteiger partial charge in [-0.05, 0) is 24.1 Å². The van der Waals surface area contributed by atoms with Crippen molar-refractivity contribution in [1.29, 1.82) is 0 Å². The molecule has 0 unspecified atom stereocenters. The number of amides is 1. The van der Waals surface area contributed by atoms with E-state index in [1.807, 2.05) is 0 Å². The van der Waals surface area contributed by atoms with Crippen LogP contribution in [0, 0.1) is 5.82 Å².